The minimum atomic E-state index is -0.271. The lowest BCUT2D eigenvalue weighted by Crippen LogP contribution is -2.47. The average molecular weight is 563 g/mol. The van der Waals surface area contributed by atoms with Gasteiger partial charge in [-0.3, -0.25) is 4.90 Å². The molecule has 0 bridgehead atoms. The predicted molar refractivity (Wildman–Crippen MR) is 149 cm³/mol. The maximum Gasteiger partial charge on any atom is 0.225 e. The van der Waals surface area contributed by atoms with E-state index in [1.807, 2.05) is 10.6 Å². The van der Waals surface area contributed by atoms with Crippen LogP contribution in [-0.4, -0.2) is 99.2 Å². The number of ether oxygens (including phenoxy) is 2. The second kappa shape index (κ2) is 11.0. The van der Waals surface area contributed by atoms with Gasteiger partial charge in [-0.1, -0.05) is 0 Å². The SMILES string of the molecule is Nc1nc2c(ncn2CCN2CCN(c3ccc(OCC4COCCN4)cc3F)CC2)c2nc(-c3ccco3)nn12. The molecule has 0 aliphatic carbocycles. The Morgan fingerprint density at radius 2 is 2.00 bits per heavy atom. The molecule has 2 aliphatic heterocycles. The molecule has 14 heteroatoms. The summed E-state index contributed by atoms with van der Waals surface area (Å²) in [6, 6.07) is 8.80. The third-order valence-electron chi connectivity index (χ3n) is 7.55. The molecule has 6 heterocycles. The highest BCUT2D eigenvalue weighted by molar-refractivity contribution is 5.87. The number of furan rings is 1. The molecule has 2 aliphatic rings. The number of morpholine rings is 1. The minimum absolute atomic E-state index is 0.122. The number of hydrogen-bond acceptors (Lipinski definition) is 11. The fourth-order valence-electron chi connectivity index (χ4n) is 5.32. The van der Waals surface area contributed by atoms with Gasteiger partial charge in [-0.2, -0.15) is 9.50 Å². The van der Waals surface area contributed by atoms with Gasteiger partial charge >= 0.3 is 0 Å². The number of nitrogens with zero attached hydrogens (tertiary/aromatic N) is 8. The van der Waals surface area contributed by atoms with Gasteiger partial charge in [0.25, 0.3) is 0 Å². The van der Waals surface area contributed by atoms with Crippen LogP contribution >= 0.6 is 0 Å². The molecule has 2 fully saturated rings. The van der Waals surface area contributed by atoms with Crippen LogP contribution in [0.5, 0.6) is 5.75 Å². The molecule has 214 valence electrons. The smallest absolute Gasteiger partial charge is 0.225 e. The number of nitrogens with one attached hydrogen (secondary N) is 1. The van der Waals surface area contributed by atoms with E-state index < -0.39 is 0 Å². The van der Waals surface area contributed by atoms with Crippen molar-refractivity contribution in [1.82, 2.24) is 39.3 Å². The zero-order valence-corrected chi connectivity index (χ0v) is 22.4. The molecule has 7 rings (SSSR count). The second-order valence-corrected chi connectivity index (χ2v) is 10.2. The topological polar surface area (TPSA) is 137 Å². The highest BCUT2D eigenvalue weighted by Gasteiger charge is 2.22. The summed E-state index contributed by atoms with van der Waals surface area (Å²) in [7, 11) is 0. The number of anilines is 2. The molecule has 0 spiro atoms. The van der Waals surface area contributed by atoms with Crippen molar-refractivity contribution in [2.45, 2.75) is 12.6 Å². The first-order chi connectivity index (χ1) is 20.1. The molecular weight excluding hydrogens is 531 g/mol. The number of nitrogens with two attached hydrogens (primary N) is 1. The summed E-state index contributed by atoms with van der Waals surface area (Å²) in [6.07, 6.45) is 3.33. The van der Waals surface area contributed by atoms with Gasteiger partial charge in [0.05, 0.1) is 37.5 Å². The number of benzene rings is 1. The third kappa shape index (κ3) is 5.16. The lowest BCUT2D eigenvalue weighted by molar-refractivity contribution is 0.0592. The normalized spacial score (nSPS) is 18.5. The van der Waals surface area contributed by atoms with Gasteiger partial charge in [0.2, 0.25) is 11.8 Å². The second-order valence-electron chi connectivity index (χ2n) is 10.2. The summed E-state index contributed by atoms with van der Waals surface area (Å²) < 4.78 is 35.1. The average Bonchev–Trinajstić information content (AvgIpc) is 3.76. The largest absolute Gasteiger partial charge is 0.492 e. The Bertz CT molecular complexity index is 1640. The van der Waals surface area contributed by atoms with Crippen LogP contribution in [0.1, 0.15) is 0 Å². The third-order valence-corrected chi connectivity index (χ3v) is 7.55. The van der Waals surface area contributed by atoms with E-state index >= 15 is 0 Å². The highest BCUT2D eigenvalue weighted by Crippen LogP contribution is 2.26. The molecule has 1 aromatic carbocycles. The summed E-state index contributed by atoms with van der Waals surface area (Å²) in [5, 5.41) is 7.76. The number of imidazole rings is 1. The Hall–Kier alpha value is -4.27. The number of rotatable bonds is 8. The van der Waals surface area contributed by atoms with E-state index in [1.54, 1.807) is 30.8 Å². The van der Waals surface area contributed by atoms with Gasteiger partial charge in [-0.25, -0.2) is 14.4 Å². The van der Waals surface area contributed by atoms with Crippen molar-refractivity contribution in [3.05, 3.63) is 48.7 Å². The Kier molecular flexibility index (Phi) is 6.86. The van der Waals surface area contributed by atoms with Gasteiger partial charge in [-0.15, -0.1) is 5.10 Å². The lowest BCUT2D eigenvalue weighted by atomic mass is 10.2. The fourth-order valence-corrected chi connectivity index (χ4v) is 5.32. The lowest BCUT2D eigenvalue weighted by Gasteiger charge is -2.36. The summed E-state index contributed by atoms with van der Waals surface area (Å²) >= 11 is 0. The van der Waals surface area contributed by atoms with Crippen molar-refractivity contribution < 1.29 is 18.3 Å². The van der Waals surface area contributed by atoms with E-state index in [-0.39, 0.29) is 17.8 Å². The zero-order chi connectivity index (χ0) is 27.8. The Balaban J connectivity index is 0.962. The quantitative estimate of drug-likeness (QED) is 0.286. The zero-order valence-electron chi connectivity index (χ0n) is 22.4. The van der Waals surface area contributed by atoms with Gasteiger partial charge in [-0.05, 0) is 24.3 Å². The van der Waals surface area contributed by atoms with Crippen molar-refractivity contribution in [2.75, 3.05) is 69.7 Å². The number of fused-ring (bicyclic) bond motifs is 3. The van der Waals surface area contributed by atoms with Crippen molar-refractivity contribution in [1.29, 1.82) is 0 Å². The van der Waals surface area contributed by atoms with Gasteiger partial charge in [0.15, 0.2) is 22.6 Å². The van der Waals surface area contributed by atoms with E-state index in [0.717, 1.165) is 39.3 Å². The van der Waals surface area contributed by atoms with Gasteiger partial charge < -0.3 is 34.4 Å². The van der Waals surface area contributed by atoms with Crippen LogP contribution in [0.3, 0.4) is 0 Å². The van der Waals surface area contributed by atoms with Crippen LogP contribution in [0.15, 0.2) is 47.3 Å². The van der Waals surface area contributed by atoms with Crippen molar-refractivity contribution in [3.63, 3.8) is 0 Å². The maximum atomic E-state index is 15.0. The summed E-state index contributed by atoms with van der Waals surface area (Å²) in [5.41, 5.74) is 8.63. The van der Waals surface area contributed by atoms with Gasteiger partial charge in [0, 0.05) is 51.9 Å². The molecule has 41 heavy (non-hydrogen) atoms. The first-order valence-electron chi connectivity index (χ1n) is 13.7. The standard InChI is InChI=1S/C27H31FN10O3/c28-20-14-19(41-16-18-15-39-13-5-30-18)3-4-21(20)36-9-6-35(7-10-36)8-11-37-17-31-23-25(37)33-27(29)38-26(23)32-24(34-38)22-2-1-12-40-22/h1-4,12,14,17-18,30H,5-11,13,15-16H2,(H2,29,33). The molecule has 1 unspecified atom stereocenters. The molecular formula is C27H31FN10O3. The molecule has 1 atom stereocenters. The molecule has 0 radical (unpaired) electrons. The van der Waals surface area contributed by atoms with E-state index in [9.17, 15) is 4.39 Å². The monoisotopic (exact) mass is 562 g/mol. The number of nitrogen functional groups attached to an aromatic ring is 1. The first kappa shape index (κ1) is 25.7. The van der Waals surface area contributed by atoms with Crippen LogP contribution in [0.2, 0.25) is 0 Å². The van der Waals surface area contributed by atoms with Gasteiger partial charge in [0.1, 0.15) is 18.2 Å². The predicted octanol–water partition coefficient (Wildman–Crippen LogP) is 1.64. The van der Waals surface area contributed by atoms with Crippen LogP contribution < -0.4 is 20.7 Å². The van der Waals surface area contributed by atoms with Crippen LogP contribution in [0.25, 0.3) is 28.4 Å². The minimum Gasteiger partial charge on any atom is -0.492 e. The van der Waals surface area contributed by atoms with Crippen molar-refractivity contribution in [2.24, 2.45) is 0 Å². The first-order valence-corrected chi connectivity index (χ1v) is 13.7. The van der Waals surface area contributed by atoms with E-state index in [2.05, 4.69) is 35.2 Å². The summed E-state index contributed by atoms with van der Waals surface area (Å²) in [6.45, 7) is 7.12. The molecule has 0 amide bonds. The summed E-state index contributed by atoms with van der Waals surface area (Å²) in [5.74, 6) is 1.46. The number of halogens is 1. The van der Waals surface area contributed by atoms with Crippen LogP contribution in [0, 0.1) is 5.82 Å². The van der Waals surface area contributed by atoms with E-state index in [1.165, 1.54) is 10.6 Å². The molecule has 4 aromatic heterocycles. The number of aromatic nitrogens is 6. The highest BCUT2D eigenvalue weighted by atomic mass is 19.1. The van der Waals surface area contributed by atoms with Crippen LogP contribution in [-0.2, 0) is 11.3 Å². The number of piperazine rings is 1. The van der Waals surface area contributed by atoms with Crippen molar-refractivity contribution >= 4 is 28.4 Å². The molecule has 13 nitrogen and oxygen atoms in total. The summed E-state index contributed by atoms with van der Waals surface area (Å²) in [4.78, 5) is 18.1. The Morgan fingerprint density at radius 3 is 2.78 bits per heavy atom. The number of hydrogen-bond donors (Lipinski definition) is 2. The molecule has 3 N–H and O–H groups in total. The van der Waals surface area contributed by atoms with E-state index in [0.29, 0.717) is 66.2 Å². The Morgan fingerprint density at radius 1 is 1.10 bits per heavy atom. The van der Waals surface area contributed by atoms with Crippen LogP contribution in [0.4, 0.5) is 16.0 Å². The van der Waals surface area contributed by atoms with E-state index in [4.69, 9.17) is 19.6 Å². The fraction of sp³-hybridized carbons (Fsp3) is 0.407. The van der Waals surface area contributed by atoms with Crippen molar-refractivity contribution in [3.8, 4) is 17.3 Å². The molecule has 5 aromatic rings. The Labute approximate surface area is 234 Å². The maximum absolute atomic E-state index is 15.0. The molecule has 0 saturated carbocycles. The molecule has 2 saturated heterocycles.